The van der Waals surface area contributed by atoms with Crippen molar-refractivity contribution < 1.29 is 28.3 Å². The summed E-state index contributed by atoms with van der Waals surface area (Å²) in [6, 6.07) is 13.2. The first-order valence-corrected chi connectivity index (χ1v) is 11.1. The lowest BCUT2D eigenvalue weighted by Crippen LogP contribution is -2.17. The number of amides is 1. The van der Waals surface area contributed by atoms with Crippen molar-refractivity contribution >= 4 is 29.1 Å². The van der Waals surface area contributed by atoms with Crippen LogP contribution in [0.15, 0.2) is 58.4 Å². The number of anilines is 1. The van der Waals surface area contributed by atoms with Crippen molar-refractivity contribution in [1.29, 1.82) is 0 Å². The Labute approximate surface area is 198 Å². The van der Waals surface area contributed by atoms with Crippen molar-refractivity contribution in [3.8, 4) is 22.0 Å². The third-order valence-corrected chi connectivity index (χ3v) is 5.91. The number of hydrogen-bond donors (Lipinski definition) is 2. The quantitative estimate of drug-likeness (QED) is 0.340. The van der Waals surface area contributed by atoms with E-state index in [0.29, 0.717) is 33.4 Å². The van der Waals surface area contributed by atoms with E-state index in [0.717, 1.165) is 5.56 Å². The molecule has 2 aromatic carbocycles. The van der Waals surface area contributed by atoms with E-state index in [1.54, 1.807) is 61.7 Å². The Balaban J connectivity index is 1.50. The summed E-state index contributed by atoms with van der Waals surface area (Å²) in [4.78, 5) is 27.9. The average Bonchev–Trinajstić information content (AvgIpc) is 3.41. The number of carboxylic acid groups (broad SMARTS) is 1. The number of aryl methyl sites for hydroxylation is 1. The zero-order valence-corrected chi connectivity index (χ0v) is 19.1. The Hall–Kier alpha value is -4.05. The summed E-state index contributed by atoms with van der Waals surface area (Å²) >= 11 is 1.37. The fourth-order valence-electron chi connectivity index (χ4n) is 3.31. The highest BCUT2D eigenvalue weighted by molar-refractivity contribution is 7.13. The van der Waals surface area contributed by atoms with Crippen LogP contribution in [-0.4, -0.2) is 27.3 Å². The van der Waals surface area contributed by atoms with Crippen LogP contribution < -0.4 is 5.32 Å². The summed E-state index contributed by atoms with van der Waals surface area (Å²) in [5.41, 5.74) is 2.90. The molecule has 10 heteroatoms. The van der Waals surface area contributed by atoms with Gasteiger partial charge in [-0.2, -0.15) is 0 Å². The van der Waals surface area contributed by atoms with Gasteiger partial charge in [0.1, 0.15) is 28.3 Å². The molecule has 1 atom stereocenters. The van der Waals surface area contributed by atoms with Crippen LogP contribution in [0.3, 0.4) is 0 Å². The Bertz CT molecular complexity index is 1330. The minimum absolute atomic E-state index is 0.0533. The molecule has 2 heterocycles. The Morgan fingerprint density at radius 3 is 2.65 bits per heavy atom. The number of carboxylic acids is 1. The molecule has 2 N–H and O–H groups in total. The molecule has 2 aromatic heterocycles. The van der Waals surface area contributed by atoms with Crippen LogP contribution in [0.1, 0.15) is 29.9 Å². The van der Waals surface area contributed by atoms with Crippen LogP contribution in [0, 0.1) is 12.7 Å². The van der Waals surface area contributed by atoms with Crippen molar-refractivity contribution in [2.75, 3.05) is 5.32 Å². The number of aromatic nitrogens is 2. The van der Waals surface area contributed by atoms with Gasteiger partial charge in [0.25, 0.3) is 0 Å². The first kappa shape index (κ1) is 23.1. The second kappa shape index (κ2) is 9.84. The molecule has 0 bridgehead atoms. The van der Waals surface area contributed by atoms with Gasteiger partial charge in [0.15, 0.2) is 11.5 Å². The molecule has 1 amide bonds. The van der Waals surface area contributed by atoms with E-state index in [-0.39, 0.29) is 12.0 Å². The minimum Gasteiger partial charge on any atom is -0.481 e. The average molecular weight is 482 g/mol. The van der Waals surface area contributed by atoms with Crippen LogP contribution in [-0.2, 0) is 16.0 Å². The van der Waals surface area contributed by atoms with Crippen molar-refractivity contribution in [2.45, 2.75) is 26.4 Å². The maximum atomic E-state index is 14.0. The second-order valence-corrected chi connectivity index (χ2v) is 8.32. The molecule has 34 heavy (non-hydrogen) atoms. The van der Waals surface area contributed by atoms with Gasteiger partial charge in [0, 0.05) is 16.5 Å². The molecule has 4 rings (SSSR count). The zero-order chi connectivity index (χ0) is 24.2. The van der Waals surface area contributed by atoms with Crippen molar-refractivity contribution in [2.24, 2.45) is 0 Å². The summed E-state index contributed by atoms with van der Waals surface area (Å²) in [5, 5.41) is 18.0. The Kier molecular flexibility index (Phi) is 6.69. The van der Waals surface area contributed by atoms with E-state index in [4.69, 9.17) is 14.4 Å². The molecule has 0 spiro atoms. The smallest absolute Gasteiger partial charge is 0.412 e. The van der Waals surface area contributed by atoms with Crippen LogP contribution in [0.5, 0.6) is 0 Å². The van der Waals surface area contributed by atoms with Gasteiger partial charge in [-0.3, -0.25) is 10.1 Å². The number of hydrogen-bond acceptors (Lipinski definition) is 7. The van der Waals surface area contributed by atoms with Crippen LogP contribution >= 0.6 is 11.3 Å². The van der Waals surface area contributed by atoms with Crippen LogP contribution in [0.25, 0.3) is 22.0 Å². The second-order valence-electron chi connectivity index (χ2n) is 7.46. The highest BCUT2D eigenvalue weighted by atomic mass is 32.1. The summed E-state index contributed by atoms with van der Waals surface area (Å²) in [6.07, 6.45) is -1.64. The number of nitrogens with zero attached hydrogens (tertiary/aromatic N) is 2. The van der Waals surface area contributed by atoms with Crippen molar-refractivity contribution in [1.82, 2.24) is 10.1 Å². The lowest BCUT2D eigenvalue weighted by atomic mass is 10.1. The first-order valence-electron chi connectivity index (χ1n) is 10.3. The van der Waals surface area contributed by atoms with E-state index in [2.05, 4.69) is 15.5 Å². The number of carbonyl (C=O) groups is 2. The molecule has 0 aliphatic carbocycles. The van der Waals surface area contributed by atoms with Gasteiger partial charge < -0.3 is 14.4 Å². The molecule has 174 valence electrons. The molecule has 0 saturated heterocycles. The van der Waals surface area contributed by atoms with E-state index in [1.807, 2.05) is 0 Å². The normalized spacial score (nSPS) is 11.7. The predicted molar refractivity (Wildman–Crippen MR) is 124 cm³/mol. The largest absolute Gasteiger partial charge is 0.481 e. The maximum absolute atomic E-state index is 14.0. The topological polar surface area (TPSA) is 115 Å². The lowest BCUT2D eigenvalue weighted by Gasteiger charge is -2.14. The summed E-state index contributed by atoms with van der Waals surface area (Å²) in [6.45, 7) is 3.22. The van der Waals surface area contributed by atoms with Gasteiger partial charge in [0.2, 0.25) is 0 Å². The molecular weight excluding hydrogens is 461 g/mol. The summed E-state index contributed by atoms with van der Waals surface area (Å²) < 4.78 is 24.6. The molecule has 8 nitrogen and oxygen atoms in total. The van der Waals surface area contributed by atoms with Crippen molar-refractivity contribution in [3.05, 3.63) is 76.6 Å². The number of carbonyl (C=O) groups excluding carboxylic acids is 1. The molecule has 1 unspecified atom stereocenters. The number of ether oxygens (including phenoxy) is 1. The van der Waals surface area contributed by atoms with Crippen LogP contribution in [0.4, 0.5) is 14.9 Å². The molecule has 0 aliphatic rings. The highest BCUT2D eigenvalue weighted by Crippen LogP contribution is 2.34. The van der Waals surface area contributed by atoms with Gasteiger partial charge in [0.05, 0.1) is 6.42 Å². The maximum Gasteiger partial charge on any atom is 0.412 e. The Morgan fingerprint density at radius 1 is 1.21 bits per heavy atom. The van der Waals surface area contributed by atoms with Crippen molar-refractivity contribution in [3.63, 3.8) is 0 Å². The van der Waals surface area contributed by atoms with E-state index < -0.39 is 24.0 Å². The third-order valence-electron chi connectivity index (χ3n) is 5.02. The van der Waals surface area contributed by atoms with Gasteiger partial charge in [-0.15, -0.1) is 11.3 Å². The lowest BCUT2D eigenvalue weighted by molar-refractivity contribution is -0.136. The fourth-order valence-corrected chi connectivity index (χ4v) is 4.12. The molecule has 4 aromatic rings. The number of benzene rings is 2. The molecule has 0 saturated carbocycles. The predicted octanol–water partition coefficient (Wildman–Crippen LogP) is 5.85. The SMILES string of the molecule is Cc1onc(-c2csc(-c3ccc(CC(=O)O)cc3)n2)c1NC(=O)OC(C)c1ccccc1F. The van der Waals surface area contributed by atoms with Gasteiger partial charge in [-0.25, -0.2) is 14.2 Å². The summed E-state index contributed by atoms with van der Waals surface area (Å²) in [5.74, 6) is -0.999. The van der Waals surface area contributed by atoms with Crippen LogP contribution in [0.2, 0.25) is 0 Å². The molecule has 0 radical (unpaired) electrons. The van der Waals surface area contributed by atoms with Gasteiger partial charge in [-0.1, -0.05) is 47.6 Å². The molecular formula is C24H20FN3O5S. The minimum atomic E-state index is -0.896. The summed E-state index contributed by atoms with van der Waals surface area (Å²) in [7, 11) is 0. The molecule has 0 aliphatic heterocycles. The van der Waals surface area contributed by atoms with Gasteiger partial charge in [-0.05, 0) is 25.5 Å². The van der Waals surface area contributed by atoms with Gasteiger partial charge >= 0.3 is 12.1 Å². The number of aliphatic carboxylic acids is 1. The number of nitrogens with one attached hydrogen (secondary N) is 1. The van der Waals surface area contributed by atoms with E-state index in [9.17, 15) is 14.0 Å². The molecule has 0 fully saturated rings. The number of halogens is 1. The number of rotatable bonds is 7. The first-order chi connectivity index (χ1) is 16.3. The van der Waals surface area contributed by atoms with E-state index >= 15 is 0 Å². The number of thiazole rings is 1. The highest BCUT2D eigenvalue weighted by Gasteiger charge is 2.22. The zero-order valence-electron chi connectivity index (χ0n) is 18.2. The standard InChI is InChI=1S/C24H20FN3O5S/c1-13(17-5-3-4-6-18(17)25)32-24(31)27-21-14(2)33-28-22(21)19-12-34-23(26-19)16-9-7-15(8-10-16)11-20(29)30/h3-10,12-13H,11H2,1-2H3,(H,27,31)(H,29,30). The third kappa shape index (κ3) is 5.12. The Morgan fingerprint density at radius 2 is 1.94 bits per heavy atom. The fraction of sp³-hybridized carbons (Fsp3) is 0.167. The monoisotopic (exact) mass is 481 g/mol. The van der Waals surface area contributed by atoms with E-state index in [1.165, 1.54) is 17.4 Å².